The van der Waals surface area contributed by atoms with Crippen LogP contribution in [0.15, 0.2) is 49.1 Å². The molecule has 3 aliphatic heterocycles. The topological polar surface area (TPSA) is 193 Å². The summed E-state index contributed by atoms with van der Waals surface area (Å²) in [6, 6.07) is 11.1. The van der Waals surface area contributed by atoms with Crippen molar-refractivity contribution in [3.63, 3.8) is 0 Å². The molecule has 6 atom stereocenters. The van der Waals surface area contributed by atoms with Crippen LogP contribution < -0.4 is 15.5 Å². The fourth-order valence-corrected chi connectivity index (χ4v) is 8.39. The van der Waals surface area contributed by atoms with Gasteiger partial charge in [0.2, 0.25) is 5.91 Å². The maximum atomic E-state index is 13.3. The Morgan fingerprint density at radius 3 is 2.16 bits per heavy atom. The second kappa shape index (κ2) is 16.2. The van der Waals surface area contributed by atoms with E-state index in [0.717, 1.165) is 30.8 Å². The third-order valence-corrected chi connectivity index (χ3v) is 11.4. The van der Waals surface area contributed by atoms with Gasteiger partial charge in [-0.2, -0.15) is 10.5 Å². The number of alkyl halides is 2. The molecular weight excluding hydrogens is 735 g/mol. The molecule has 16 heteroatoms. The highest BCUT2D eigenvalue weighted by molar-refractivity contribution is 5.92. The van der Waals surface area contributed by atoms with Gasteiger partial charge in [-0.1, -0.05) is 19.9 Å². The molecule has 0 spiro atoms. The highest BCUT2D eigenvalue weighted by Crippen LogP contribution is 2.50. The molecule has 8 rings (SSSR count). The molecule has 14 nitrogen and oxygen atoms in total. The Morgan fingerprint density at radius 2 is 1.54 bits per heavy atom. The number of aromatic nitrogens is 4. The summed E-state index contributed by atoms with van der Waals surface area (Å²) in [5, 5.41) is 34.5. The summed E-state index contributed by atoms with van der Waals surface area (Å²) in [5.74, 6) is -3.64. The van der Waals surface area contributed by atoms with E-state index in [9.17, 15) is 34.0 Å². The summed E-state index contributed by atoms with van der Waals surface area (Å²) >= 11 is 0. The molecule has 298 valence electrons. The van der Waals surface area contributed by atoms with Crippen LogP contribution in [-0.2, 0) is 19.9 Å². The third-order valence-electron chi connectivity index (χ3n) is 11.4. The number of β-amino-alcohol motifs (C(OH)–C–C–N with tert-alkyl or cyclic N) is 1. The number of aliphatic hydroxyl groups excluding tert-OH is 1. The molecule has 1 saturated carbocycles. The average Bonchev–Trinajstić information content (AvgIpc) is 3.79. The molecule has 57 heavy (non-hydrogen) atoms. The van der Waals surface area contributed by atoms with Gasteiger partial charge in [-0.25, -0.2) is 8.78 Å². The number of nitrogens with one attached hydrogen (secondary N) is 2. The SMILES string of the molecule is CC1CC(OC(=O)C(C)N2CC(O)C2)CN(c2ccc(C#N)c3nccnc23)C1.C[C@@H]1CNC[C@](NC(=O)CC2CC2(F)F)(c2ccc(C#N)c3nccnc23)C1. The fraction of sp³-hybridized carbons (Fsp3) is 0.512. The number of piperidine rings is 2. The molecule has 1 amide bonds. The minimum Gasteiger partial charge on any atom is -0.459 e. The maximum absolute atomic E-state index is 13.3. The lowest BCUT2D eigenvalue weighted by Crippen LogP contribution is -2.57. The molecule has 4 unspecified atom stereocenters. The number of nitrogens with zero attached hydrogens (tertiary/aromatic N) is 8. The van der Waals surface area contributed by atoms with Crippen LogP contribution >= 0.6 is 0 Å². The highest BCUT2D eigenvalue weighted by atomic mass is 19.3. The van der Waals surface area contributed by atoms with E-state index in [1.165, 1.54) is 6.20 Å². The number of carbonyl (C=O) groups is 2. The first-order valence-corrected chi connectivity index (χ1v) is 19.4. The van der Waals surface area contributed by atoms with Crippen molar-refractivity contribution < 1.29 is 28.2 Å². The maximum Gasteiger partial charge on any atom is 0.323 e. The predicted octanol–water partition coefficient (Wildman–Crippen LogP) is 3.81. The number of aliphatic hydroxyl groups is 1. The van der Waals surface area contributed by atoms with Crippen molar-refractivity contribution in [2.75, 3.05) is 44.2 Å². The average molecular weight is 781 g/mol. The molecule has 0 radical (unpaired) electrons. The summed E-state index contributed by atoms with van der Waals surface area (Å²) in [7, 11) is 0. The Balaban J connectivity index is 0.000000174. The molecule has 4 aromatic rings. The summed E-state index contributed by atoms with van der Waals surface area (Å²) in [6.45, 7) is 9.71. The number of rotatable bonds is 8. The van der Waals surface area contributed by atoms with Gasteiger partial charge < -0.3 is 25.4 Å². The van der Waals surface area contributed by atoms with Gasteiger partial charge in [0.15, 0.2) is 0 Å². The van der Waals surface area contributed by atoms with Crippen LogP contribution in [0.3, 0.4) is 0 Å². The van der Waals surface area contributed by atoms with E-state index < -0.39 is 17.4 Å². The summed E-state index contributed by atoms with van der Waals surface area (Å²) in [6.07, 6.45) is 6.75. The number of hydrogen-bond acceptors (Lipinski definition) is 13. The number of anilines is 1. The normalized spacial score (nSPS) is 26.2. The van der Waals surface area contributed by atoms with Crippen LogP contribution in [0.4, 0.5) is 14.5 Å². The van der Waals surface area contributed by atoms with E-state index in [-0.39, 0.29) is 48.9 Å². The number of ether oxygens (including phenoxy) is 1. The second-order valence-electron chi connectivity index (χ2n) is 16.0. The molecular formula is C41H46F2N10O4. The van der Waals surface area contributed by atoms with Crippen LogP contribution in [0, 0.1) is 40.4 Å². The first kappa shape index (κ1) is 39.8. The summed E-state index contributed by atoms with van der Waals surface area (Å²) in [4.78, 5) is 46.8. The Hall–Kier alpha value is -5.42. The van der Waals surface area contributed by atoms with Crippen molar-refractivity contribution in [2.24, 2.45) is 17.8 Å². The molecule has 2 aromatic heterocycles. The minimum absolute atomic E-state index is 0.191. The Bertz CT molecular complexity index is 2240. The minimum atomic E-state index is -2.73. The molecule has 2 aromatic carbocycles. The number of carbonyl (C=O) groups excluding carboxylic acids is 2. The zero-order chi connectivity index (χ0) is 40.5. The fourth-order valence-electron chi connectivity index (χ4n) is 8.39. The van der Waals surface area contributed by atoms with E-state index in [1.54, 1.807) is 36.8 Å². The molecule has 5 heterocycles. The van der Waals surface area contributed by atoms with Crippen LogP contribution in [-0.4, -0.2) is 105 Å². The van der Waals surface area contributed by atoms with Gasteiger partial charge in [0, 0.05) is 75.3 Å². The third kappa shape index (κ3) is 8.49. The molecule has 4 aliphatic rings. The molecule has 4 fully saturated rings. The first-order valence-electron chi connectivity index (χ1n) is 19.4. The van der Waals surface area contributed by atoms with Crippen LogP contribution in [0.1, 0.15) is 63.1 Å². The largest absolute Gasteiger partial charge is 0.459 e. The number of amides is 1. The lowest BCUT2D eigenvalue weighted by Gasteiger charge is -2.42. The highest BCUT2D eigenvalue weighted by Gasteiger charge is 2.57. The quantitative estimate of drug-likeness (QED) is 0.219. The number of hydrogen-bond donors (Lipinski definition) is 3. The van der Waals surface area contributed by atoms with Crippen molar-refractivity contribution in [3.05, 3.63) is 65.7 Å². The predicted molar refractivity (Wildman–Crippen MR) is 206 cm³/mol. The number of nitriles is 2. The van der Waals surface area contributed by atoms with Crippen molar-refractivity contribution in [1.82, 2.24) is 35.5 Å². The second-order valence-corrected chi connectivity index (χ2v) is 16.0. The zero-order valence-corrected chi connectivity index (χ0v) is 32.2. The number of halogens is 2. The van der Waals surface area contributed by atoms with Crippen LogP contribution in [0.5, 0.6) is 0 Å². The van der Waals surface area contributed by atoms with E-state index in [4.69, 9.17) is 4.74 Å². The van der Waals surface area contributed by atoms with Gasteiger partial charge in [0.05, 0.1) is 40.5 Å². The van der Waals surface area contributed by atoms with Crippen LogP contribution in [0.2, 0.25) is 0 Å². The Morgan fingerprint density at radius 1 is 0.930 bits per heavy atom. The van der Waals surface area contributed by atoms with Gasteiger partial charge in [0.1, 0.15) is 40.8 Å². The van der Waals surface area contributed by atoms with Crippen LogP contribution in [0.25, 0.3) is 22.1 Å². The summed E-state index contributed by atoms with van der Waals surface area (Å²) in [5.41, 5.74) is 4.07. The lowest BCUT2D eigenvalue weighted by atomic mass is 9.78. The van der Waals surface area contributed by atoms with Gasteiger partial charge in [0.25, 0.3) is 5.92 Å². The molecule has 3 N–H and O–H groups in total. The Kier molecular flexibility index (Phi) is 11.3. The smallest absolute Gasteiger partial charge is 0.323 e. The zero-order valence-electron chi connectivity index (χ0n) is 32.2. The number of benzene rings is 2. The molecule has 1 aliphatic carbocycles. The van der Waals surface area contributed by atoms with Crippen molar-refractivity contribution >= 4 is 39.6 Å². The lowest BCUT2D eigenvalue weighted by molar-refractivity contribution is -0.160. The van der Waals surface area contributed by atoms with Gasteiger partial charge >= 0.3 is 5.97 Å². The standard InChI is InChI=1S/C21H25N5O3.C20H21F2N5O/c1-13-7-17(29-21(28)14(2)25-10-16(27)11-25)12-26(9-13)18-4-3-15(8-22)19-20(18)24-6-5-23-19;1-12-7-19(11-24-10-12,27-16(28)6-14-8-20(14,21)22)15-3-2-13(9-23)17-18(15)26-5-4-25-17/h3-6,13-14,16-17,27H,7,9-12H2,1-2H3;2-5,12,14,24H,6-8,10-11H2,1H3,(H,27,28)/t;12-,14?,19-/m.0/s1. The van der Waals surface area contributed by atoms with Gasteiger partial charge in [-0.3, -0.25) is 34.4 Å². The van der Waals surface area contributed by atoms with Crippen molar-refractivity contribution in [1.29, 1.82) is 10.5 Å². The van der Waals surface area contributed by atoms with Gasteiger partial charge in [-0.15, -0.1) is 0 Å². The van der Waals surface area contributed by atoms with E-state index in [0.29, 0.717) is 71.7 Å². The monoisotopic (exact) mass is 780 g/mol. The van der Waals surface area contributed by atoms with E-state index in [2.05, 4.69) is 61.5 Å². The Labute approximate surface area is 329 Å². The van der Waals surface area contributed by atoms with E-state index in [1.807, 2.05) is 17.9 Å². The van der Waals surface area contributed by atoms with E-state index >= 15 is 0 Å². The van der Waals surface area contributed by atoms with Gasteiger partial charge in [-0.05, 0) is 56.3 Å². The van der Waals surface area contributed by atoms with Crippen molar-refractivity contribution in [2.45, 2.75) is 76.2 Å². The number of fused-ring (bicyclic) bond motifs is 2. The molecule has 0 bridgehead atoms. The number of esters is 1. The first-order chi connectivity index (χ1) is 27.3. The summed E-state index contributed by atoms with van der Waals surface area (Å²) < 4.78 is 32.4. The molecule has 3 saturated heterocycles. The number of likely N-dealkylation sites (tertiary alicyclic amines) is 1. The van der Waals surface area contributed by atoms with Crippen molar-refractivity contribution in [3.8, 4) is 12.1 Å².